The number of rotatable bonds is 7. The lowest BCUT2D eigenvalue weighted by atomic mass is 10.2. The van der Waals surface area contributed by atoms with Crippen LogP contribution in [0.1, 0.15) is 29.7 Å². The Morgan fingerprint density at radius 1 is 1.08 bits per heavy atom. The molecule has 5 nitrogen and oxygen atoms in total. The molecule has 1 aliphatic heterocycles. The maximum atomic E-state index is 13.2. The quantitative estimate of drug-likeness (QED) is 0.739. The summed E-state index contributed by atoms with van der Waals surface area (Å²) in [5.74, 6) is 0.715. The lowest BCUT2D eigenvalue weighted by molar-refractivity contribution is 0.295. The van der Waals surface area contributed by atoms with Crippen LogP contribution in [0.25, 0.3) is 0 Å². The van der Waals surface area contributed by atoms with E-state index in [0.717, 1.165) is 29.7 Å². The fourth-order valence-corrected chi connectivity index (χ4v) is 5.53. The number of hydrogen-bond donors (Lipinski definition) is 0. The molecule has 25 heavy (non-hydrogen) atoms. The standard InChI is InChI=1S/C18H24N2O3S2/c1-23-18-10-4-3-8-16(18)14-20(15-17-9-7-13-24-17)25(21,22)19-11-5-2-6-12-19/h3-4,7-10,13H,2,5-6,11-12,14-15H2,1H3. The summed E-state index contributed by atoms with van der Waals surface area (Å²) in [4.78, 5) is 1.04. The number of benzene rings is 1. The van der Waals surface area contributed by atoms with Crippen molar-refractivity contribution >= 4 is 21.5 Å². The molecule has 1 fully saturated rings. The van der Waals surface area contributed by atoms with Gasteiger partial charge < -0.3 is 4.74 Å². The molecule has 1 aliphatic rings. The van der Waals surface area contributed by atoms with Gasteiger partial charge in [-0.15, -0.1) is 11.3 Å². The van der Waals surface area contributed by atoms with Gasteiger partial charge in [-0.1, -0.05) is 30.7 Å². The Labute approximate surface area is 154 Å². The predicted octanol–water partition coefficient (Wildman–Crippen LogP) is 3.49. The van der Waals surface area contributed by atoms with Crippen LogP contribution in [0.4, 0.5) is 0 Å². The van der Waals surface area contributed by atoms with Crippen LogP contribution in [-0.4, -0.2) is 37.2 Å². The van der Waals surface area contributed by atoms with Gasteiger partial charge in [0.2, 0.25) is 0 Å². The largest absolute Gasteiger partial charge is 0.496 e. The van der Waals surface area contributed by atoms with Gasteiger partial charge in [0.1, 0.15) is 5.75 Å². The number of hydrogen-bond acceptors (Lipinski definition) is 4. The van der Waals surface area contributed by atoms with Gasteiger partial charge in [0, 0.05) is 36.6 Å². The van der Waals surface area contributed by atoms with Gasteiger partial charge >= 0.3 is 0 Å². The topological polar surface area (TPSA) is 49.9 Å². The molecule has 1 aromatic carbocycles. The maximum Gasteiger partial charge on any atom is 0.282 e. The molecule has 2 heterocycles. The summed E-state index contributed by atoms with van der Waals surface area (Å²) in [7, 11) is -1.89. The van der Waals surface area contributed by atoms with Crippen molar-refractivity contribution in [2.24, 2.45) is 0 Å². The molecule has 0 N–H and O–H groups in total. The molecule has 0 amide bonds. The van der Waals surface area contributed by atoms with E-state index < -0.39 is 10.2 Å². The molecular formula is C18H24N2O3S2. The van der Waals surface area contributed by atoms with Crippen molar-refractivity contribution in [2.45, 2.75) is 32.4 Å². The summed E-state index contributed by atoms with van der Waals surface area (Å²) in [6.45, 7) is 1.90. The lowest BCUT2D eigenvalue weighted by Gasteiger charge is -2.32. The zero-order valence-corrected chi connectivity index (χ0v) is 16.1. The fraction of sp³-hybridized carbons (Fsp3) is 0.444. The average Bonchev–Trinajstić information content (AvgIpc) is 3.15. The van der Waals surface area contributed by atoms with Gasteiger partial charge in [0.05, 0.1) is 7.11 Å². The van der Waals surface area contributed by atoms with Crippen molar-refractivity contribution in [3.05, 3.63) is 52.2 Å². The summed E-state index contributed by atoms with van der Waals surface area (Å²) in [6, 6.07) is 11.5. The minimum absolute atomic E-state index is 0.306. The average molecular weight is 381 g/mol. The highest BCUT2D eigenvalue weighted by Gasteiger charge is 2.31. The minimum atomic E-state index is -3.51. The molecule has 1 saturated heterocycles. The Kier molecular flexibility index (Phi) is 6.11. The third-order valence-electron chi connectivity index (χ3n) is 4.42. The van der Waals surface area contributed by atoms with Crippen LogP contribution in [0, 0.1) is 0 Å². The molecule has 0 bridgehead atoms. The van der Waals surface area contributed by atoms with Gasteiger partial charge in [-0.25, -0.2) is 0 Å². The van der Waals surface area contributed by atoms with Crippen molar-refractivity contribution in [2.75, 3.05) is 20.2 Å². The molecule has 0 atom stereocenters. The Morgan fingerprint density at radius 3 is 2.52 bits per heavy atom. The first kappa shape index (κ1) is 18.4. The highest BCUT2D eigenvalue weighted by atomic mass is 32.2. The van der Waals surface area contributed by atoms with Crippen molar-refractivity contribution in [1.82, 2.24) is 8.61 Å². The van der Waals surface area contributed by atoms with E-state index in [4.69, 9.17) is 4.74 Å². The molecule has 0 unspecified atom stereocenters. The summed E-state index contributed by atoms with van der Waals surface area (Å²) >= 11 is 1.58. The molecule has 0 radical (unpaired) electrons. The zero-order chi connectivity index (χ0) is 17.7. The number of piperidine rings is 1. The van der Waals surface area contributed by atoms with Gasteiger partial charge in [0.25, 0.3) is 10.2 Å². The molecule has 136 valence electrons. The van der Waals surface area contributed by atoms with Crippen LogP contribution in [0.2, 0.25) is 0 Å². The molecule has 0 saturated carbocycles. The highest BCUT2D eigenvalue weighted by Crippen LogP contribution is 2.26. The van der Waals surface area contributed by atoms with Crippen LogP contribution in [0.5, 0.6) is 5.75 Å². The Hall–Kier alpha value is -1.41. The maximum absolute atomic E-state index is 13.2. The first-order valence-electron chi connectivity index (χ1n) is 8.51. The second kappa shape index (κ2) is 8.31. The van der Waals surface area contributed by atoms with E-state index in [1.54, 1.807) is 27.1 Å². The lowest BCUT2D eigenvalue weighted by Crippen LogP contribution is -2.45. The molecule has 2 aromatic rings. The molecule has 0 aliphatic carbocycles. The van der Waals surface area contributed by atoms with E-state index in [0.29, 0.717) is 31.9 Å². The van der Waals surface area contributed by atoms with Crippen LogP contribution in [0.15, 0.2) is 41.8 Å². The van der Waals surface area contributed by atoms with E-state index in [9.17, 15) is 8.42 Å². The first-order chi connectivity index (χ1) is 12.1. The highest BCUT2D eigenvalue weighted by molar-refractivity contribution is 7.86. The smallest absolute Gasteiger partial charge is 0.282 e. The van der Waals surface area contributed by atoms with E-state index in [1.165, 1.54) is 0 Å². The normalized spacial score (nSPS) is 16.2. The van der Waals surface area contributed by atoms with Crippen LogP contribution >= 0.6 is 11.3 Å². The third kappa shape index (κ3) is 4.41. The SMILES string of the molecule is COc1ccccc1CN(Cc1cccs1)S(=O)(=O)N1CCCCC1. The molecule has 3 rings (SSSR count). The third-order valence-corrected chi connectivity index (χ3v) is 7.21. The molecular weight excluding hydrogens is 356 g/mol. The zero-order valence-electron chi connectivity index (χ0n) is 14.4. The molecule has 7 heteroatoms. The molecule has 1 aromatic heterocycles. The second-order valence-electron chi connectivity index (χ2n) is 6.13. The fourth-order valence-electron chi connectivity index (χ4n) is 3.08. The number of ether oxygens (including phenoxy) is 1. The van der Waals surface area contributed by atoms with Crippen LogP contribution in [-0.2, 0) is 23.3 Å². The first-order valence-corrected chi connectivity index (χ1v) is 10.8. The molecule has 0 spiro atoms. The van der Waals surface area contributed by atoms with Crippen molar-refractivity contribution in [3.8, 4) is 5.75 Å². The van der Waals surface area contributed by atoms with Crippen LogP contribution < -0.4 is 4.74 Å². The van der Waals surface area contributed by atoms with E-state index >= 15 is 0 Å². The predicted molar refractivity (Wildman–Crippen MR) is 101 cm³/mol. The van der Waals surface area contributed by atoms with Gasteiger partial charge in [-0.3, -0.25) is 0 Å². The summed E-state index contributed by atoms with van der Waals surface area (Å²) in [5.41, 5.74) is 0.877. The monoisotopic (exact) mass is 380 g/mol. The Balaban J connectivity index is 1.89. The number of para-hydroxylation sites is 1. The minimum Gasteiger partial charge on any atom is -0.496 e. The number of thiophene rings is 1. The van der Waals surface area contributed by atoms with Gasteiger partial charge in [0.15, 0.2) is 0 Å². The Bertz CT molecular complexity index is 769. The van der Waals surface area contributed by atoms with E-state index in [2.05, 4.69) is 0 Å². The van der Waals surface area contributed by atoms with E-state index in [-0.39, 0.29) is 0 Å². The van der Waals surface area contributed by atoms with Crippen molar-refractivity contribution < 1.29 is 13.2 Å². The van der Waals surface area contributed by atoms with Crippen LogP contribution in [0.3, 0.4) is 0 Å². The number of nitrogens with zero attached hydrogens (tertiary/aromatic N) is 2. The number of methoxy groups -OCH3 is 1. The van der Waals surface area contributed by atoms with Crippen molar-refractivity contribution in [1.29, 1.82) is 0 Å². The summed E-state index contributed by atoms with van der Waals surface area (Å²) in [5, 5.41) is 1.98. The van der Waals surface area contributed by atoms with Gasteiger partial charge in [-0.05, 0) is 30.4 Å². The van der Waals surface area contributed by atoms with Gasteiger partial charge in [-0.2, -0.15) is 17.0 Å². The summed E-state index contributed by atoms with van der Waals surface area (Å²) in [6.07, 6.45) is 2.96. The Morgan fingerprint density at radius 2 is 1.84 bits per heavy atom. The van der Waals surface area contributed by atoms with Crippen molar-refractivity contribution in [3.63, 3.8) is 0 Å². The van der Waals surface area contributed by atoms with E-state index in [1.807, 2.05) is 41.8 Å². The second-order valence-corrected chi connectivity index (χ2v) is 9.09. The summed E-state index contributed by atoms with van der Waals surface area (Å²) < 4.78 is 35.1.